The number of nitrogens with zero attached hydrogens (tertiary/aromatic N) is 4. The highest BCUT2D eigenvalue weighted by molar-refractivity contribution is 9.10. The number of hydrogen-bond acceptors (Lipinski definition) is 4. The van der Waals surface area contributed by atoms with E-state index in [1.807, 2.05) is 0 Å². The molecule has 2 heterocycles. The molecule has 0 atom stereocenters. The average molecular weight is 397 g/mol. The van der Waals surface area contributed by atoms with Crippen LogP contribution in [0.4, 0.5) is 5.69 Å². The van der Waals surface area contributed by atoms with Crippen molar-refractivity contribution < 1.29 is 9.90 Å². The Kier molecular flexibility index (Phi) is 4.35. The molecule has 0 unspecified atom stereocenters. The number of nitrogens with one attached hydrogen (secondary N) is 1. The summed E-state index contributed by atoms with van der Waals surface area (Å²) in [6.45, 7) is 0.376. The van der Waals surface area contributed by atoms with Crippen molar-refractivity contribution in [2.75, 3.05) is 5.32 Å². The zero-order chi connectivity index (χ0) is 16.4. The van der Waals surface area contributed by atoms with Gasteiger partial charge in [0.15, 0.2) is 5.69 Å². The Morgan fingerprint density at radius 2 is 2.17 bits per heavy atom. The summed E-state index contributed by atoms with van der Waals surface area (Å²) in [4.78, 5) is 12.2. The molecule has 0 spiro atoms. The van der Waals surface area contributed by atoms with Gasteiger partial charge in [0.2, 0.25) is 0 Å². The maximum absolute atomic E-state index is 12.2. The van der Waals surface area contributed by atoms with Crippen molar-refractivity contribution in [2.45, 2.75) is 6.67 Å². The fourth-order valence-electron chi connectivity index (χ4n) is 1.92. The molecule has 3 aromatic rings. The maximum Gasteiger partial charge on any atom is 0.276 e. The predicted octanol–water partition coefficient (Wildman–Crippen LogP) is 2.96. The number of carbonyl (C=O) groups is 1. The van der Waals surface area contributed by atoms with Gasteiger partial charge in [-0.05, 0) is 40.2 Å². The van der Waals surface area contributed by atoms with Gasteiger partial charge in [-0.3, -0.25) is 9.48 Å². The van der Waals surface area contributed by atoms with E-state index in [2.05, 4.69) is 31.4 Å². The highest BCUT2D eigenvalue weighted by atomic mass is 79.9. The predicted molar refractivity (Wildman–Crippen MR) is 88.6 cm³/mol. The summed E-state index contributed by atoms with van der Waals surface area (Å²) in [6, 6.07) is 5.98. The minimum Gasteiger partial charge on any atom is -0.506 e. The van der Waals surface area contributed by atoms with Crippen LogP contribution < -0.4 is 5.32 Å². The van der Waals surface area contributed by atoms with Crippen LogP contribution in [0.15, 0.2) is 47.3 Å². The minimum absolute atomic E-state index is 0.0661. The van der Waals surface area contributed by atoms with E-state index in [1.54, 1.807) is 34.0 Å². The number of hydrogen-bond donors (Lipinski definition) is 2. The quantitative estimate of drug-likeness (QED) is 0.664. The van der Waals surface area contributed by atoms with Gasteiger partial charge in [0.25, 0.3) is 5.91 Å². The number of carbonyl (C=O) groups excluding carboxylic acids is 1. The number of halogens is 2. The van der Waals surface area contributed by atoms with Gasteiger partial charge < -0.3 is 10.4 Å². The molecule has 1 aromatic carbocycles. The molecule has 118 valence electrons. The second-order valence-corrected chi connectivity index (χ2v) is 6.05. The molecule has 1 amide bonds. The zero-order valence-electron chi connectivity index (χ0n) is 11.6. The average Bonchev–Trinajstić information content (AvgIpc) is 3.13. The van der Waals surface area contributed by atoms with Crippen LogP contribution in [0.5, 0.6) is 5.75 Å². The van der Waals surface area contributed by atoms with E-state index < -0.39 is 5.91 Å². The molecule has 2 N–H and O–H groups in total. The molecule has 7 nitrogen and oxygen atoms in total. The number of amides is 1. The summed E-state index contributed by atoms with van der Waals surface area (Å²) in [7, 11) is 0. The second kappa shape index (κ2) is 6.43. The van der Waals surface area contributed by atoms with E-state index in [9.17, 15) is 9.90 Å². The lowest BCUT2D eigenvalue weighted by Gasteiger charge is -2.06. The summed E-state index contributed by atoms with van der Waals surface area (Å²) in [5, 5.41) is 21.0. The molecule has 0 bridgehead atoms. The highest BCUT2D eigenvalue weighted by Gasteiger charge is 2.12. The van der Waals surface area contributed by atoms with Crippen LogP contribution in [0.1, 0.15) is 10.5 Å². The van der Waals surface area contributed by atoms with E-state index in [0.717, 1.165) is 4.47 Å². The second-order valence-electron chi connectivity index (χ2n) is 4.70. The summed E-state index contributed by atoms with van der Waals surface area (Å²) >= 11 is 9.16. The zero-order valence-corrected chi connectivity index (χ0v) is 14.0. The molecule has 0 aliphatic heterocycles. The SMILES string of the molecule is O=C(Nc1cc(Cl)ccc1O)c1ccn(Cn2cc(Br)cn2)n1. The van der Waals surface area contributed by atoms with Gasteiger partial charge in [-0.25, -0.2) is 4.68 Å². The molecule has 0 saturated carbocycles. The van der Waals surface area contributed by atoms with Crippen molar-refractivity contribution in [3.05, 3.63) is 58.0 Å². The number of aromatic hydroxyl groups is 1. The third-order valence-corrected chi connectivity index (χ3v) is 3.62. The van der Waals surface area contributed by atoms with E-state index >= 15 is 0 Å². The van der Waals surface area contributed by atoms with Crippen LogP contribution in [0.25, 0.3) is 0 Å². The number of rotatable bonds is 4. The molecule has 23 heavy (non-hydrogen) atoms. The summed E-state index contributed by atoms with van der Waals surface area (Å²) < 4.78 is 4.10. The Morgan fingerprint density at radius 3 is 2.91 bits per heavy atom. The van der Waals surface area contributed by atoms with Crippen molar-refractivity contribution in [1.82, 2.24) is 19.6 Å². The monoisotopic (exact) mass is 395 g/mol. The van der Waals surface area contributed by atoms with E-state index in [4.69, 9.17) is 11.6 Å². The van der Waals surface area contributed by atoms with Crippen molar-refractivity contribution in [3.63, 3.8) is 0 Å². The molecule has 0 saturated heterocycles. The Labute approximate surface area is 144 Å². The van der Waals surface area contributed by atoms with Crippen LogP contribution in [0.3, 0.4) is 0 Å². The van der Waals surface area contributed by atoms with Gasteiger partial charge >= 0.3 is 0 Å². The summed E-state index contributed by atoms with van der Waals surface area (Å²) in [6.07, 6.45) is 5.13. The lowest BCUT2D eigenvalue weighted by atomic mass is 10.3. The van der Waals surface area contributed by atoms with Crippen LogP contribution in [0, 0.1) is 0 Å². The lowest BCUT2D eigenvalue weighted by molar-refractivity contribution is 0.102. The fourth-order valence-corrected chi connectivity index (χ4v) is 2.42. The standard InChI is InChI=1S/C14H11BrClN5O2/c15-9-6-17-21(7-9)8-20-4-3-11(19-20)14(23)18-12-5-10(16)1-2-13(12)22/h1-7,22H,8H2,(H,18,23). The summed E-state index contributed by atoms with van der Waals surface area (Å²) in [5.41, 5.74) is 0.448. The number of benzene rings is 1. The van der Waals surface area contributed by atoms with Crippen LogP contribution in [-0.2, 0) is 6.67 Å². The Balaban J connectivity index is 1.72. The van der Waals surface area contributed by atoms with Gasteiger partial charge in [0.05, 0.1) is 16.4 Å². The first-order valence-electron chi connectivity index (χ1n) is 6.52. The molecule has 0 radical (unpaired) electrons. The van der Waals surface area contributed by atoms with Crippen LogP contribution >= 0.6 is 27.5 Å². The van der Waals surface area contributed by atoms with E-state index in [-0.39, 0.29) is 17.1 Å². The molecular weight excluding hydrogens is 386 g/mol. The van der Waals surface area contributed by atoms with Crippen molar-refractivity contribution in [1.29, 1.82) is 0 Å². The number of anilines is 1. The van der Waals surface area contributed by atoms with Gasteiger partial charge in [-0.15, -0.1) is 0 Å². The molecule has 3 rings (SSSR count). The van der Waals surface area contributed by atoms with Crippen molar-refractivity contribution >= 4 is 39.1 Å². The molecule has 0 aliphatic carbocycles. The molecule has 9 heteroatoms. The van der Waals surface area contributed by atoms with Gasteiger partial charge in [0, 0.05) is 17.4 Å². The number of phenols is 1. The number of phenolic OH excluding ortho intramolecular Hbond substituents is 1. The largest absolute Gasteiger partial charge is 0.506 e. The molecule has 2 aromatic heterocycles. The highest BCUT2D eigenvalue weighted by Crippen LogP contribution is 2.26. The van der Waals surface area contributed by atoms with E-state index in [0.29, 0.717) is 11.7 Å². The maximum atomic E-state index is 12.2. The first-order chi connectivity index (χ1) is 11.0. The first-order valence-corrected chi connectivity index (χ1v) is 7.69. The Morgan fingerprint density at radius 1 is 1.35 bits per heavy atom. The van der Waals surface area contributed by atoms with Gasteiger partial charge in [-0.2, -0.15) is 10.2 Å². The Bertz CT molecular complexity index is 860. The normalized spacial score (nSPS) is 10.7. The van der Waals surface area contributed by atoms with Gasteiger partial charge in [-0.1, -0.05) is 11.6 Å². The molecule has 0 fully saturated rings. The van der Waals surface area contributed by atoms with E-state index in [1.165, 1.54) is 18.2 Å². The third kappa shape index (κ3) is 3.72. The van der Waals surface area contributed by atoms with Crippen LogP contribution in [-0.4, -0.2) is 30.6 Å². The van der Waals surface area contributed by atoms with Gasteiger partial charge in [0.1, 0.15) is 12.4 Å². The Hall–Kier alpha value is -2.32. The fraction of sp³-hybridized carbons (Fsp3) is 0.0714. The smallest absolute Gasteiger partial charge is 0.276 e. The topological polar surface area (TPSA) is 85.0 Å². The summed E-state index contributed by atoms with van der Waals surface area (Å²) in [5.74, 6) is -0.508. The van der Waals surface area contributed by atoms with Crippen molar-refractivity contribution in [3.8, 4) is 5.75 Å². The third-order valence-electron chi connectivity index (χ3n) is 2.97. The molecular formula is C14H11BrClN5O2. The lowest BCUT2D eigenvalue weighted by Crippen LogP contribution is -2.15. The van der Waals surface area contributed by atoms with Crippen molar-refractivity contribution in [2.24, 2.45) is 0 Å². The minimum atomic E-state index is -0.442. The number of aromatic nitrogens is 4. The van der Waals surface area contributed by atoms with Crippen LogP contribution in [0.2, 0.25) is 5.02 Å². The molecule has 0 aliphatic rings. The first kappa shape index (κ1) is 15.6.